The van der Waals surface area contributed by atoms with Gasteiger partial charge in [-0.2, -0.15) is 13.2 Å². The Morgan fingerprint density at radius 3 is 2.52 bits per heavy atom. The van der Waals surface area contributed by atoms with Gasteiger partial charge in [0.05, 0.1) is 30.6 Å². The van der Waals surface area contributed by atoms with E-state index in [0.29, 0.717) is 0 Å². The molecule has 0 saturated heterocycles. The van der Waals surface area contributed by atoms with E-state index < -0.39 is 10.4 Å². The highest BCUT2D eigenvalue weighted by atomic mass is 35.5. The summed E-state index contributed by atoms with van der Waals surface area (Å²) in [7, 11) is 1.32. The molecule has 0 aliphatic carbocycles. The van der Waals surface area contributed by atoms with E-state index in [0.717, 1.165) is 6.07 Å². The topological polar surface area (TPSA) is 61.6 Å². The number of nitro benzene ring substituents is 1. The maximum atomic E-state index is 12.0. The summed E-state index contributed by atoms with van der Waals surface area (Å²) in [5, 5.41) is 10.9. The van der Waals surface area contributed by atoms with E-state index in [1.54, 1.807) is 0 Å². The minimum absolute atomic E-state index is 0.000779. The molecule has 1 aromatic rings. The zero-order chi connectivity index (χ0) is 16.0. The summed E-state index contributed by atoms with van der Waals surface area (Å²) in [4.78, 5) is 10.2. The molecule has 0 bridgehead atoms. The first-order valence-electron chi connectivity index (χ1n) is 5.53. The van der Waals surface area contributed by atoms with Gasteiger partial charge in [-0.3, -0.25) is 10.1 Å². The number of benzene rings is 1. The van der Waals surface area contributed by atoms with Gasteiger partial charge in [-0.15, -0.1) is 11.6 Å². The maximum Gasteiger partial charge on any atom is 0.441 e. The second kappa shape index (κ2) is 7.60. The Bertz CT molecular complexity index is 513. The molecule has 10 heteroatoms. The Kier molecular flexibility index (Phi) is 6.41. The molecule has 0 unspecified atom stereocenters. The van der Waals surface area contributed by atoms with E-state index in [1.807, 2.05) is 0 Å². The molecule has 0 radical (unpaired) electrons. The first kappa shape index (κ1) is 17.7. The summed E-state index contributed by atoms with van der Waals surface area (Å²) in [6.45, 7) is -0.266. The van der Waals surface area contributed by atoms with Crippen molar-refractivity contribution in [1.29, 1.82) is 0 Å². The van der Waals surface area contributed by atoms with Gasteiger partial charge < -0.3 is 9.47 Å². The minimum atomic E-state index is -4.35. The lowest BCUT2D eigenvalue weighted by Crippen LogP contribution is -2.08. The predicted octanol–water partition coefficient (Wildman–Crippen LogP) is 3.97. The summed E-state index contributed by atoms with van der Waals surface area (Å²) >= 11 is 5.37. The van der Waals surface area contributed by atoms with Crippen LogP contribution in [0.25, 0.3) is 0 Å². The fraction of sp³-hybridized carbons (Fsp3) is 0.455. The quantitative estimate of drug-likeness (QED) is 0.324. The number of nitro groups is 1. The van der Waals surface area contributed by atoms with E-state index in [4.69, 9.17) is 21.1 Å². The summed E-state index contributed by atoms with van der Waals surface area (Å²) in [6.07, 6.45) is 0. The van der Waals surface area contributed by atoms with Gasteiger partial charge in [-0.05, 0) is 17.8 Å². The standard InChI is InChI=1S/C11H11ClF3NO4S/c1-19-9-4-7(6-12)8(16(17)18)5-10(9)20-2-3-21-11(13,14)15/h4-5H,2-3,6H2,1H3. The second-order valence-corrected chi connectivity index (χ2v) is 5.09. The number of hydrogen-bond acceptors (Lipinski definition) is 5. The highest BCUT2D eigenvalue weighted by Gasteiger charge is 2.27. The lowest BCUT2D eigenvalue weighted by molar-refractivity contribution is -0.385. The van der Waals surface area contributed by atoms with Crippen LogP contribution in [0.4, 0.5) is 18.9 Å². The van der Waals surface area contributed by atoms with E-state index in [9.17, 15) is 23.3 Å². The Labute approximate surface area is 127 Å². The Morgan fingerprint density at radius 2 is 2.05 bits per heavy atom. The van der Waals surface area contributed by atoms with Crippen molar-refractivity contribution < 1.29 is 27.6 Å². The molecule has 5 nitrogen and oxygen atoms in total. The van der Waals surface area contributed by atoms with Crippen molar-refractivity contribution in [1.82, 2.24) is 0 Å². The fourth-order valence-corrected chi connectivity index (χ4v) is 2.06. The molecule has 0 aliphatic heterocycles. The van der Waals surface area contributed by atoms with Crippen LogP contribution in [-0.4, -0.2) is 29.9 Å². The van der Waals surface area contributed by atoms with Gasteiger partial charge >= 0.3 is 5.51 Å². The van der Waals surface area contributed by atoms with Gasteiger partial charge in [0.1, 0.15) is 0 Å². The van der Waals surface area contributed by atoms with Crippen molar-refractivity contribution in [2.75, 3.05) is 19.5 Å². The zero-order valence-electron chi connectivity index (χ0n) is 10.8. The minimum Gasteiger partial charge on any atom is -0.493 e. The number of methoxy groups -OCH3 is 1. The second-order valence-electron chi connectivity index (χ2n) is 3.67. The van der Waals surface area contributed by atoms with Gasteiger partial charge in [-0.1, -0.05) is 0 Å². The number of hydrogen-bond donors (Lipinski definition) is 0. The van der Waals surface area contributed by atoms with Crippen molar-refractivity contribution in [3.05, 3.63) is 27.8 Å². The SMILES string of the molecule is COc1cc(CCl)c([N+](=O)[O-])cc1OCCSC(F)(F)F. The van der Waals surface area contributed by atoms with Crippen molar-refractivity contribution in [2.24, 2.45) is 0 Å². The zero-order valence-corrected chi connectivity index (χ0v) is 12.3. The van der Waals surface area contributed by atoms with Crippen LogP contribution in [0.2, 0.25) is 0 Å². The van der Waals surface area contributed by atoms with Crippen LogP contribution in [-0.2, 0) is 5.88 Å². The molecule has 0 atom stereocenters. The van der Waals surface area contributed by atoms with Crippen LogP contribution >= 0.6 is 23.4 Å². The number of halogens is 4. The third kappa shape index (κ3) is 5.50. The smallest absolute Gasteiger partial charge is 0.441 e. The molecular weight excluding hydrogens is 335 g/mol. The van der Waals surface area contributed by atoms with Crippen LogP contribution in [0.1, 0.15) is 5.56 Å². The third-order valence-corrected chi connectivity index (χ3v) is 3.30. The number of alkyl halides is 4. The van der Waals surface area contributed by atoms with Gasteiger partial charge in [-0.25, -0.2) is 0 Å². The number of rotatable bonds is 7. The lowest BCUT2D eigenvalue weighted by Gasteiger charge is -2.12. The highest BCUT2D eigenvalue weighted by molar-refractivity contribution is 8.00. The van der Waals surface area contributed by atoms with Crippen molar-refractivity contribution >= 4 is 29.1 Å². The van der Waals surface area contributed by atoms with E-state index in [-0.39, 0.29) is 52.8 Å². The first-order valence-corrected chi connectivity index (χ1v) is 7.05. The monoisotopic (exact) mass is 345 g/mol. The molecule has 1 rings (SSSR count). The van der Waals surface area contributed by atoms with E-state index in [2.05, 4.69) is 0 Å². The Hall–Kier alpha value is -1.35. The summed E-state index contributed by atoms with van der Waals surface area (Å²) in [5.74, 6) is -0.261. The molecule has 0 heterocycles. The predicted molar refractivity (Wildman–Crippen MR) is 73.2 cm³/mol. The van der Waals surface area contributed by atoms with Crippen LogP contribution in [0.5, 0.6) is 11.5 Å². The van der Waals surface area contributed by atoms with Crippen molar-refractivity contribution in [3.63, 3.8) is 0 Å². The number of nitrogens with zero attached hydrogens (tertiary/aromatic N) is 1. The first-order chi connectivity index (χ1) is 9.78. The molecule has 0 aromatic heterocycles. The van der Waals surface area contributed by atoms with E-state index >= 15 is 0 Å². The summed E-state index contributed by atoms with van der Waals surface area (Å²) in [6, 6.07) is 2.42. The van der Waals surface area contributed by atoms with Crippen LogP contribution in [0.15, 0.2) is 12.1 Å². The van der Waals surface area contributed by atoms with Crippen LogP contribution in [0, 0.1) is 10.1 Å². The van der Waals surface area contributed by atoms with Crippen molar-refractivity contribution in [3.8, 4) is 11.5 Å². The average molecular weight is 346 g/mol. The van der Waals surface area contributed by atoms with Gasteiger partial charge in [0, 0.05) is 11.3 Å². The van der Waals surface area contributed by atoms with Crippen LogP contribution < -0.4 is 9.47 Å². The third-order valence-electron chi connectivity index (χ3n) is 2.31. The Balaban J connectivity index is 2.85. The van der Waals surface area contributed by atoms with Gasteiger partial charge in [0.2, 0.25) is 0 Å². The summed E-state index contributed by atoms with van der Waals surface area (Å²) < 4.78 is 46.0. The molecule has 1 aromatic carbocycles. The van der Waals surface area contributed by atoms with Gasteiger partial charge in [0.15, 0.2) is 11.5 Å². The molecule has 0 saturated carbocycles. The van der Waals surface area contributed by atoms with Gasteiger partial charge in [0.25, 0.3) is 5.69 Å². The molecule has 118 valence electrons. The highest BCUT2D eigenvalue weighted by Crippen LogP contribution is 2.36. The molecule has 0 amide bonds. The molecular formula is C11H11ClF3NO4S. The Morgan fingerprint density at radius 1 is 1.38 bits per heavy atom. The lowest BCUT2D eigenvalue weighted by atomic mass is 10.2. The fourth-order valence-electron chi connectivity index (χ4n) is 1.45. The summed E-state index contributed by atoms with van der Waals surface area (Å²) in [5.41, 5.74) is -4.39. The molecule has 21 heavy (non-hydrogen) atoms. The molecule has 0 fully saturated rings. The average Bonchev–Trinajstić information content (AvgIpc) is 2.41. The van der Waals surface area contributed by atoms with Crippen molar-refractivity contribution in [2.45, 2.75) is 11.4 Å². The maximum absolute atomic E-state index is 12.0. The number of ether oxygens (including phenoxy) is 2. The molecule has 0 N–H and O–H groups in total. The molecule has 0 aliphatic rings. The number of thioether (sulfide) groups is 1. The van der Waals surface area contributed by atoms with E-state index in [1.165, 1.54) is 13.2 Å². The van der Waals surface area contributed by atoms with Crippen LogP contribution in [0.3, 0.4) is 0 Å². The molecule has 0 spiro atoms. The normalized spacial score (nSPS) is 11.3. The largest absolute Gasteiger partial charge is 0.493 e.